The fraction of sp³-hybridized carbons (Fsp3) is 0.188. The van der Waals surface area contributed by atoms with Gasteiger partial charge in [-0.1, -0.05) is 6.07 Å². The number of carbonyl (C=O) groups excluding carboxylic acids is 1. The van der Waals surface area contributed by atoms with E-state index in [0.717, 1.165) is 24.3 Å². The van der Waals surface area contributed by atoms with Crippen molar-refractivity contribution in [2.24, 2.45) is 0 Å². The van der Waals surface area contributed by atoms with E-state index in [4.69, 9.17) is 0 Å². The standard InChI is InChI=1S/C16H14F2N2O3S/c17-11-4-6-15(7-5-11)24(22,23)19-13-9-16(21)20(10-13)14-3-1-2-12(18)8-14/h1-8,13,19H,9-10H2/t13-/m0/s1. The van der Waals surface area contributed by atoms with E-state index in [1.807, 2.05) is 0 Å². The lowest BCUT2D eigenvalue weighted by atomic mass is 10.3. The zero-order valence-electron chi connectivity index (χ0n) is 12.4. The lowest BCUT2D eigenvalue weighted by molar-refractivity contribution is -0.117. The first-order chi connectivity index (χ1) is 11.3. The SMILES string of the molecule is O=C1C[C@H](NS(=O)(=O)c2ccc(F)cc2)CN1c1cccc(F)c1. The van der Waals surface area contributed by atoms with Crippen molar-refractivity contribution in [3.8, 4) is 0 Å². The van der Waals surface area contributed by atoms with E-state index >= 15 is 0 Å². The summed E-state index contributed by atoms with van der Waals surface area (Å²) in [5.41, 5.74) is 0.378. The lowest BCUT2D eigenvalue weighted by Gasteiger charge is -2.17. The molecular weight excluding hydrogens is 338 g/mol. The molecule has 1 aliphatic heterocycles. The summed E-state index contributed by atoms with van der Waals surface area (Å²) >= 11 is 0. The normalized spacial score (nSPS) is 18.2. The van der Waals surface area contributed by atoms with Gasteiger partial charge in [-0.3, -0.25) is 4.79 Å². The molecule has 1 N–H and O–H groups in total. The Bertz CT molecular complexity index is 869. The number of amides is 1. The van der Waals surface area contributed by atoms with Crippen LogP contribution >= 0.6 is 0 Å². The first-order valence-corrected chi connectivity index (χ1v) is 8.67. The summed E-state index contributed by atoms with van der Waals surface area (Å²) in [6, 6.07) is 9.30. The highest BCUT2D eigenvalue weighted by Gasteiger charge is 2.33. The quantitative estimate of drug-likeness (QED) is 0.916. The van der Waals surface area contributed by atoms with Crippen LogP contribution in [0.5, 0.6) is 0 Å². The van der Waals surface area contributed by atoms with E-state index in [0.29, 0.717) is 5.69 Å². The first-order valence-electron chi connectivity index (χ1n) is 7.19. The van der Waals surface area contributed by atoms with Crippen LogP contribution in [0.15, 0.2) is 53.4 Å². The molecule has 1 aliphatic rings. The Morgan fingerprint density at radius 1 is 1.04 bits per heavy atom. The van der Waals surface area contributed by atoms with Gasteiger partial charge in [0.25, 0.3) is 0 Å². The molecule has 3 rings (SSSR count). The summed E-state index contributed by atoms with van der Waals surface area (Å²) in [7, 11) is -3.87. The number of nitrogens with zero attached hydrogens (tertiary/aromatic N) is 1. The van der Waals surface area contributed by atoms with Crippen LogP contribution in [0.1, 0.15) is 6.42 Å². The number of nitrogens with one attached hydrogen (secondary N) is 1. The fourth-order valence-electron chi connectivity index (χ4n) is 2.58. The van der Waals surface area contributed by atoms with Gasteiger partial charge in [-0.15, -0.1) is 0 Å². The smallest absolute Gasteiger partial charge is 0.240 e. The van der Waals surface area contributed by atoms with Crippen molar-refractivity contribution in [3.63, 3.8) is 0 Å². The molecule has 1 atom stereocenters. The van der Waals surface area contributed by atoms with Gasteiger partial charge < -0.3 is 4.90 Å². The maximum Gasteiger partial charge on any atom is 0.240 e. The first kappa shape index (κ1) is 16.5. The summed E-state index contributed by atoms with van der Waals surface area (Å²) < 4.78 is 53.2. The van der Waals surface area contributed by atoms with Gasteiger partial charge in [0.1, 0.15) is 11.6 Å². The van der Waals surface area contributed by atoms with Crippen molar-refractivity contribution >= 4 is 21.6 Å². The summed E-state index contributed by atoms with van der Waals surface area (Å²) in [4.78, 5) is 13.3. The second-order valence-electron chi connectivity index (χ2n) is 5.46. The molecule has 1 heterocycles. The number of rotatable bonds is 4. The average molecular weight is 352 g/mol. The van der Waals surface area contributed by atoms with Crippen LogP contribution in [0.25, 0.3) is 0 Å². The van der Waals surface area contributed by atoms with Gasteiger partial charge in [0, 0.05) is 24.7 Å². The number of benzene rings is 2. The third kappa shape index (κ3) is 3.44. The van der Waals surface area contributed by atoms with Gasteiger partial charge in [0.15, 0.2) is 0 Å². The van der Waals surface area contributed by atoms with E-state index in [1.165, 1.54) is 23.1 Å². The van der Waals surface area contributed by atoms with Gasteiger partial charge in [-0.05, 0) is 42.5 Å². The number of sulfonamides is 1. The van der Waals surface area contributed by atoms with Crippen molar-refractivity contribution in [2.45, 2.75) is 17.4 Å². The summed E-state index contributed by atoms with van der Waals surface area (Å²) in [5.74, 6) is -1.31. The number of anilines is 1. The largest absolute Gasteiger partial charge is 0.311 e. The van der Waals surface area contributed by atoms with Crippen LogP contribution in [0, 0.1) is 11.6 Å². The van der Waals surface area contributed by atoms with Gasteiger partial charge in [-0.2, -0.15) is 0 Å². The predicted molar refractivity (Wildman–Crippen MR) is 83.9 cm³/mol. The zero-order chi connectivity index (χ0) is 17.3. The van der Waals surface area contributed by atoms with E-state index in [-0.39, 0.29) is 23.8 Å². The van der Waals surface area contributed by atoms with Crippen LogP contribution in [-0.2, 0) is 14.8 Å². The molecule has 0 aromatic heterocycles. The molecule has 1 amide bonds. The molecule has 2 aromatic rings. The molecule has 1 saturated heterocycles. The van der Waals surface area contributed by atoms with E-state index in [2.05, 4.69) is 4.72 Å². The van der Waals surface area contributed by atoms with Crippen LogP contribution in [0.2, 0.25) is 0 Å². The highest BCUT2D eigenvalue weighted by molar-refractivity contribution is 7.89. The molecular formula is C16H14F2N2O3S. The minimum absolute atomic E-state index is 0.0308. The summed E-state index contributed by atoms with van der Waals surface area (Å²) in [6.45, 7) is 0.0999. The van der Waals surface area contributed by atoms with E-state index in [9.17, 15) is 22.0 Å². The van der Waals surface area contributed by atoms with E-state index < -0.39 is 27.7 Å². The summed E-state index contributed by atoms with van der Waals surface area (Å²) in [5, 5.41) is 0. The molecule has 0 unspecified atom stereocenters. The van der Waals surface area contributed by atoms with Crippen LogP contribution < -0.4 is 9.62 Å². The molecule has 0 saturated carbocycles. The number of halogens is 2. The molecule has 0 spiro atoms. The topological polar surface area (TPSA) is 66.5 Å². The highest BCUT2D eigenvalue weighted by atomic mass is 32.2. The third-order valence-electron chi connectivity index (χ3n) is 3.69. The summed E-state index contributed by atoms with van der Waals surface area (Å²) in [6.07, 6.45) is -0.0308. The average Bonchev–Trinajstić information content (AvgIpc) is 2.87. The second-order valence-corrected chi connectivity index (χ2v) is 7.17. The highest BCUT2D eigenvalue weighted by Crippen LogP contribution is 2.23. The Morgan fingerprint density at radius 3 is 2.42 bits per heavy atom. The lowest BCUT2D eigenvalue weighted by Crippen LogP contribution is -2.37. The van der Waals surface area contributed by atoms with Crippen molar-refractivity contribution in [2.75, 3.05) is 11.4 Å². The van der Waals surface area contributed by atoms with Gasteiger partial charge in [0.2, 0.25) is 15.9 Å². The molecule has 1 fully saturated rings. The minimum Gasteiger partial charge on any atom is -0.311 e. The molecule has 8 heteroatoms. The zero-order valence-corrected chi connectivity index (χ0v) is 13.3. The number of carbonyl (C=O) groups is 1. The molecule has 126 valence electrons. The van der Waals surface area contributed by atoms with Gasteiger partial charge in [-0.25, -0.2) is 21.9 Å². The third-order valence-corrected chi connectivity index (χ3v) is 5.23. The Kier molecular flexibility index (Phi) is 4.33. The van der Waals surface area contributed by atoms with Crippen molar-refractivity contribution in [1.82, 2.24) is 4.72 Å². The Labute approximate surface area is 138 Å². The van der Waals surface area contributed by atoms with Gasteiger partial charge in [0.05, 0.1) is 4.90 Å². The molecule has 24 heavy (non-hydrogen) atoms. The van der Waals surface area contributed by atoms with Crippen molar-refractivity contribution in [3.05, 3.63) is 60.2 Å². The van der Waals surface area contributed by atoms with Crippen molar-refractivity contribution in [1.29, 1.82) is 0 Å². The van der Waals surface area contributed by atoms with Crippen LogP contribution in [-0.4, -0.2) is 26.9 Å². The number of hydrogen-bond acceptors (Lipinski definition) is 3. The molecule has 0 aliphatic carbocycles. The predicted octanol–water partition coefficient (Wildman–Crippen LogP) is 2.05. The maximum absolute atomic E-state index is 13.3. The molecule has 0 radical (unpaired) electrons. The molecule has 5 nitrogen and oxygen atoms in total. The monoisotopic (exact) mass is 352 g/mol. The second kappa shape index (κ2) is 6.29. The Hall–Kier alpha value is -2.32. The van der Waals surface area contributed by atoms with Crippen LogP contribution in [0.4, 0.5) is 14.5 Å². The Balaban J connectivity index is 1.75. The van der Waals surface area contributed by atoms with Crippen molar-refractivity contribution < 1.29 is 22.0 Å². The fourth-order valence-corrected chi connectivity index (χ4v) is 3.81. The Morgan fingerprint density at radius 2 is 1.75 bits per heavy atom. The molecule has 0 bridgehead atoms. The number of hydrogen-bond donors (Lipinski definition) is 1. The van der Waals surface area contributed by atoms with Crippen LogP contribution in [0.3, 0.4) is 0 Å². The van der Waals surface area contributed by atoms with E-state index in [1.54, 1.807) is 6.07 Å². The molecule has 2 aromatic carbocycles. The van der Waals surface area contributed by atoms with Gasteiger partial charge >= 0.3 is 0 Å². The minimum atomic E-state index is -3.87. The maximum atomic E-state index is 13.3.